The number of carbonyl (C=O) groups excluding carboxylic acids is 1. The first-order valence-electron chi connectivity index (χ1n) is 7.70. The summed E-state index contributed by atoms with van der Waals surface area (Å²) in [5.41, 5.74) is -1.21. The number of hydrogen-bond acceptors (Lipinski definition) is 3. The summed E-state index contributed by atoms with van der Waals surface area (Å²) in [6.45, 7) is 3.01. The highest BCUT2D eigenvalue weighted by molar-refractivity contribution is 7.93. The van der Waals surface area contributed by atoms with Crippen molar-refractivity contribution in [2.45, 2.75) is 25.3 Å². The highest BCUT2D eigenvalue weighted by atomic mass is 32.2. The molecule has 27 heavy (non-hydrogen) atoms. The first kappa shape index (κ1) is 20.7. The Balaban J connectivity index is 2.12. The molecule has 146 valence electrons. The molecule has 0 atom stereocenters. The summed E-state index contributed by atoms with van der Waals surface area (Å²) in [6.07, 6.45) is -4.83. The van der Waals surface area contributed by atoms with Gasteiger partial charge in [-0.1, -0.05) is 0 Å². The maximum atomic E-state index is 13.5. The Bertz CT molecular complexity index is 940. The Hall–Kier alpha value is -2.62. The third-order valence-corrected chi connectivity index (χ3v) is 5.32. The minimum absolute atomic E-state index is 0.114. The molecule has 0 saturated heterocycles. The fourth-order valence-corrected chi connectivity index (χ4v) is 2.70. The largest absolute Gasteiger partial charge is 0.419 e. The topological polar surface area (TPSA) is 75.3 Å². The van der Waals surface area contributed by atoms with Gasteiger partial charge in [-0.3, -0.25) is 9.52 Å². The van der Waals surface area contributed by atoms with Crippen molar-refractivity contribution in [2.75, 3.05) is 10.0 Å². The summed E-state index contributed by atoms with van der Waals surface area (Å²) < 4.78 is 77.1. The quantitative estimate of drug-likeness (QED) is 0.732. The molecule has 2 rings (SSSR count). The van der Waals surface area contributed by atoms with Gasteiger partial charge in [0.1, 0.15) is 5.82 Å². The molecule has 0 aliphatic rings. The fourth-order valence-electron chi connectivity index (χ4n) is 2.00. The number of anilines is 2. The number of rotatable bonds is 5. The van der Waals surface area contributed by atoms with E-state index >= 15 is 0 Å². The van der Waals surface area contributed by atoms with E-state index in [4.69, 9.17) is 0 Å². The van der Waals surface area contributed by atoms with Crippen LogP contribution in [-0.2, 0) is 16.2 Å². The van der Waals surface area contributed by atoms with Gasteiger partial charge in [-0.05, 0) is 56.3 Å². The summed E-state index contributed by atoms with van der Waals surface area (Å²) in [5, 5.41) is 1.64. The summed E-state index contributed by atoms with van der Waals surface area (Å²) in [7, 11) is -3.54. The minimum atomic E-state index is -4.83. The smallest absolute Gasteiger partial charge is 0.322 e. The third-order valence-electron chi connectivity index (χ3n) is 3.56. The van der Waals surface area contributed by atoms with Crippen LogP contribution in [0.15, 0.2) is 42.5 Å². The number of halogens is 4. The normalized spacial score (nSPS) is 12.1. The fraction of sp³-hybridized carbons (Fsp3) is 0.235. The lowest BCUT2D eigenvalue weighted by molar-refractivity contribution is -0.139. The highest BCUT2D eigenvalue weighted by Gasteiger charge is 2.34. The van der Waals surface area contributed by atoms with E-state index in [9.17, 15) is 30.8 Å². The monoisotopic (exact) mass is 404 g/mol. The van der Waals surface area contributed by atoms with Crippen LogP contribution in [0.2, 0.25) is 0 Å². The second kappa shape index (κ2) is 7.55. The van der Waals surface area contributed by atoms with Crippen LogP contribution in [0.3, 0.4) is 0 Å². The molecule has 0 aliphatic carbocycles. The molecule has 0 heterocycles. The van der Waals surface area contributed by atoms with E-state index in [1.807, 2.05) is 0 Å². The standard InChI is InChI=1S/C17H16F4N2O3S/c1-10(2)27(25,26)23-12-5-3-11(4-6-12)16(24)22-13-7-8-14(15(18)9-13)17(19,20)21/h3-10,23H,1-2H3,(H,22,24). The molecular weight excluding hydrogens is 388 g/mol. The lowest BCUT2D eigenvalue weighted by atomic mass is 10.1. The van der Waals surface area contributed by atoms with Crippen molar-refractivity contribution in [2.24, 2.45) is 0 Å². The van der Waals surface area contributed by atoms with E-state index in [0.717, 1.165) is 6.07 Å². The predicted octanol–water partition coefficient (Wildman–Crippen LogP) is 4.25. The molecule has 0 radical (unpaired) electrons. The second-order valence-corrected chi connectivity index (χ2v) is 8.16. The van der Waals surface area contributed by atoms with Gasteiger partial charge in [-0.2, -0.15) is 13.2 Å². The maximum Gasteiger partial charge on any atom is 0.419 e. The Kier molecular flexibility index (Phi) is 5.79. The molecule has 0 aliphatic heterocycles. The molecule has 2 aromatic carbocycles. The average Bonchev–Trinajstić information content (AvgIpc) is 2.53. The molecule has 1 amide bonds. The van der Waals surface area contributed by atoms with Crippen LogP contribution in [0.5, 0.6) is 0 Å². The third kappa shape index (κ3) is 5.19. The molecule has 0 unspecified atom stereocenters. The van der Waals surface area contributed by atoms with Crippen molar-refractivity contribution in [1.29, 1.82) is 0 Å². The van der Waals surface area contributed by atoms with Crippen molar-refractivity contribution in [3.8, 4) is 0 Å². The van der Waals surface area contributed by atoms with Crippen LogP contribution in [0.4, 0.5) is 28.9 Å². The molecule has 2 aromatic rings. The van der Waals surface area contributed by atoms with Gasteiger partial charge < -0.3 is 5.32 Å². The number of benzene rings is 2. The first-order valence-corrected chi connectivity index (χ1v) is 9.24. The van der Waals surface area contributed by atoms with Crippen LogP contribution >= 0.6 is 0 Å². The zero-order valence-corrected chi connectivity index (χ0v) is 15.1. The van der Waals surface area contributed by atoms with Crippen LogP contribution in [-0.4, -0.2) is 19.6 Å². The van der Waals surface area contributed by atoms with Gasteiger partial charge in [0.25, 0.3) is 5.91 Å². The first-order chi connectivity index (χ1) is 12.4. The molecule has 5 nitrogen and oxygen atoms in total. The molecule has 0 fully saturated rings. The lowest BCUT2D eigenvalue weighted by Gasteiger charge is -2.12. The molecule has 0 spiro atoms. The Morgan fingerprint density at radius 3 is 2.04 bits per heavy atom. The number of hydrogen-bond donors (Lipinski definition) is 2. The Morgan fingerprint density at radius 2 is 1.56 bits per heavy atom. The number of nitrogens with one attached hydrogen (secondary N) is 2. The van der Waals surface area contributed by atoms with Gasteiger partial charge in [-0.15, -0.1) is 0 Å². The zero-order chi connectivity index (χ0) is 20.4. The molecule has 0 bridgehead atoms. The van der Waals surface area contributed by atoms with Crippen LogP contribution in [0, 0.1) is 5.82 Å². The lowest BCUT2D eigenvalue weighted by Crippen LogP contribution is -2.22. The van der Waals surface area contributed by atoms with E-state index in [1.165, 1.54) is 38.1 Å². The van der Waals surface area contributed by atoms with Crippen molar-refractivity contribution in [1.82, 2.24) is 0 Å². The molecule has 0 saturated carbocycles. The van der Waals surface area contributed by atoms with Gasteiger partial charge in [-0.25, -0.2) is 12.8 Å². The van der Waals surface area contributed by atoms with Gasteiger partial charge in [0.15, 0.2) is 0 Å². The summed E-state index contributed by atoms with van der Waals surface area (Å²) in [6, 6.07) is 7.43. The van der Waals surface area contributed by atoms with Crippen LogP contribution in [0.25, 0.3) is 0 Å². The zero-order valence-electron chi connectivity index (χ0n) is 14.3. The average molecular weight is 404 g/mol. The number of carbonyl (C=O) groups is 1. The molecule has 0 aromatic heterocycles. The van der Waals surface area contributed by atoms with Crippen molar-refractivity contribution < 1.29 is 30.8 Å². The van der Waals surface area contributed by atoms with Gasteiger partial charge in [0.05, 0.1) is 10.8 Å². The number of alkyl halides is 3. The van der Waals surface area contributed by atoms with Gasteiger partial charge in [0, 0.05) is 16.9 Å². The van der Waals surface area contributed by atoms with Crippen LogP contribution < -0.4 is 10.0 Å². The number of amides is 1. The molecular formula is C17H16F4N2O3S. The minimum Gasteiger partial charge on any atom is -0.322 e. The van der Waals surface area contributed by atoms with E-state index in [2.05, 4.69) is 10.0 Å². The van der Waals surface area contributed by atoms with Gasteiger partial charge in [0.2, 0.25) is 10.0 Å². The predicted molar refractivity (Wildman–Crippen MR) is 93.5 cm³/mol. The van der Waals surface area contributed by atoms with Gasteiger partial charge >= 0.3 is 6.18 Å². The van der Waals surface area contributed by atoms with Crippen molar-refractivity contribution >= 4 is 27.3 Å². The maximum absolute atomic E-state index is 13.5. The van der Waals surface area contributed by atoms with E-state index in [1.54, 1.807) is 0 Å². The molecule has 2 N–H and O–H groups in total. The summed E-state index contributed by atoms with van der Waals surface area (Å²) in [5.74, 6) is -2.19. The summed E-state index contributed by atoms with van der Waals surface area (Å²) >= 11 is 0. The highest BCUT2D eigenvalue weighted by Crippen LogP contribution is 2.32. The van der Waals surface area contributed by atoms with Crippen molar-refractivity contribution in [3.63, 3.8) is 0 Å². The van der Waals surface area contributed by atoms with Crippen molar-refractivity contribution in [3.05, 3.63) is 59.4 Å². The molecule has 10 heteroatoms. The van der Waals surface area contributed by atoms with E-state index < -0.39 is 38.7 Å². The summed E-state index contributed by atoms with van der Waals surface area (Å²) in [4.78, 5) is 12.1. The Labute approximate surface area is 153 Å². The van der Waals surface area contributed by atoms with E-state index in [-0.39, 0.29) is 16.9 Å². The van der Waals surface area contributed by atoms with Crippen LogP contribution in [0.1, 0.15) is 29.8 Å². The second-order valence-electron chi connectivity index (χ2n) is 5.92. The number of sulfonamides is 1. The SMILES string of the molecule is CC(C)S(=O)(=O)Nc1ccc(C(=O)Nc2ccc(C(F)(F)F)c(F)c2)cc1. The Morgan fingerprint density at radius 1 is 1.00 bits per heavy atom. The van der Waals surface area contributed by atoms with E-state index in [0.29, 0.717) is 12.1 Å².